The van der Waals surface area contributed by atoms with Gasteiger partial charge in [0, 0.05) is 12.8 Å². The highest BCUT2D eigenvalue weighted by Crippen LogP contribution is 2.29. The van der Waals surface area contributed by atoms with Gasteiger partial charge in [-0.1, -0.05) is 155 Å². The van der Waals surface area contributed by atoms with Crippen molar-refractivity contribution in [2.24, 2.45) is 5.92 Å². The molecule has 0 spiro atoms. The lowest BCUT2D eigenvalue weighted by Crippen LogP contribution is -2.42. The number of sulfonamides is 1. The molecule has 45 heavy (non-hydrogen) atoms. The summed E-state index contributed by atoms with van der Waals surface area (Å²) < 4.78 is 39.6. The number of aliphatic hydroxyl groups excluding tert-OH is 1. The van der Waals surface area contributed by atoms with Gasteiger partial charge in [0.1, 0.15) is 6.10 Å². The van der Waals surface area contributed by atoms with E-state index in [1.807, 2.05) is 0 Å². The first kappa shape index (κ1) is 42.3. The minimum Gasteiger partial charge on any atom is -0.462 e. The van der Waals surface area contributed by atoms with Crippen LogP contribution in [0.4, 0.5) is 0 Å². The van der Waals surface area contributed by atoms with Gasteiger partial charge in [-0.05, 0) is 25.2 Å². The number of carbonyl (C=O) groups excluding carboxylic acids is 1. The van der Waals surface area contributed by atoms with Crippen molar-refractivity contribution in [3.05, 3.63) is 0 Å². The summed E-state index contributed by atoms with van der Waals surface area (Å²) in [6.07, 6.45) is 30.5. The Morgan fingerprint density at radius 1 is 0.756 bits per heavy atom. The molecule has 268 valence electrons. The molecule has 1 fully saturated rings. The van der Waals surface area contributed by atoms with Crippen molar-refractivity contribution in [1.82, 2.24) is 4.72 Å². The maximum atomic E-state index is 12.7. The number of nitrogens with one attached hydrogen (secondary N) is 1. The van der Waals surface area contributed by atoms with Crippen LogP contribution in [0.2, 0.25) is 0 Å². The predicted molar refractivity (Wildman–Crippen MR) is 188 cm³/mol. The summed E-state index contributed by atoms with van der Waals surface area (Å²) in [5, 5.41) is 9.79. The third-order valence-electron chi connectivity index (χ3n) is 9.34. The molecule has 2 atom stereocenters. The molecule has 0 saturated heterocycles. The zero-order valence-corrected chi connectivity index (χ0v) is 30.4. The van der Waals surface area contributed by atoms with E-state index in [1.54, 1.807) is 0 Å². The molecule has 2 N–H and O–H groups in total. The predicted octanol–water partition coefficient (Wildman–Crippen LogP) is 9.40. The second-order valence-electron chi connectivity index (χ2n) is 13.8. The second-order valence-corrected chi connectivity index (χ2v) is 15.7. The largest absolute Gasteiger partial charge is 0.462 e. The van der Waals surface area contributed by atoms with Crippen LogP contribution in [0.15, 0.2) is 0 Å². The van der Waals surface area contributed by atoms with E-state index in [9.17, 15) is 18.3 Å². The molecular formula is C37H73NO6S. The summed E-state index contributed by atoms with van der Waals surface area (Å²) in [5.74, 6) is 0.567. The van der Waals surface area contributed by atoms with E-state index in [1.165, 1.54) is 122 Å². The lowest BCUT2D eigenvalue weighted by molar-refractivity contribution is -0.151. The summed E-state index contributed by atoms with van der Waals surface area (Å²) in [6, 6.07) is -0.663. The molecule has 0 amide bonds. The topological polar surface area (TPSA) is 102 Å². The second kappa shape index (κ2) is 29.4. The fourth-order valence-electron chi connectivity index (χ4n) is 6.50. The maximum Gasteiger partial charge on any atom is 0.306 e. The Morgan fingerprint density at radius 3 is 1.80 bits per heavy atom. The monoisotopic (exact) mass is 660 g/mol. The Bertz CT molecular complexity index is 771. The average Bonchev–Trinajstić information content (AvgIpc) is 3.03. The van der Waals surface area contributed by atoms with Gasteiger partial charge in [-0.2, -0.15) is 0 Å². The number of aliphatic hydroxyl groups is 1. The molecule has 1 aliphatic rings. The number of rotatable bonds is 32. The fourth-order valence-corrected chi connectivity index (χ4v) is 7.85. The molecule has 1 rings (SSSR count). The molecule has 7 nitrogen and oxygen atoms in total. The van der Waals surface area contributed by atoms with Crippen LogP contribution < -0.4 is 4.72 Å². The Kier molecular flexibility index (Phi) is 27.7. The lowest BCUT2D eigenvalue weighted by atomic mass is 9.85. The van der Waals surface area contributed by atoms with Crippen LogP contribution in [0.1, 0.15) is 187 Å². The molecular weight excluding hydrogens is 586 g/mol. The van der Waals surface area contributed by atoms with Crippen LogP contribution in [0, 0.1) is 5.92 Å². The minimum absolute atomic E-state index is 0.0817. The zero-order chi connectivity index (χ0) is 32.9. The molecule has 2 unspecified atom stereocenters. The van der Waals surface area contributed by atoms with Crippen LogP contribution in [0.5, 0.6) is 0 Å². The Balaban J connectivity index is 2.30. The highest BCUT2D eigenvalue weighted by atomic mass is 32.2. The van der Waals surface area contributed by atoms with Crippen molar-refractivity contribution in [3.63, 3.8) is 0 Å². The van der Waals surface area contributed by atoms with Crippen LogP contribution in [-0.4, -0.2) is 57.2 Å². The molecule has 0 aliphatic heterocycles. The molecule has 0 aromatic carbocycles. The van der Waals surface area contributed by atoms with Gasteiger partial charge >= 0.3 is 5.97 Å². The fraction of sp³-hybridized carbons (Fsp3) is 0.973. The zero-order valence-electron chi connectivity index (χ0n) is 29.5. The van der Waals surface area contributed by atoms with E-state index in [2.05, 4.69) is 18.6 Å². The Morgan fingerprint density at radius 2 is 1.27 bits per heavy atom. The average molecular weight is 660 g/mol. The third-order valence-corrected chi connectivity index (χ3v) is 10.9. The van der Waals surface area contributed by atoms with Gasteiger partial charge in [-0.25, -0.2) is 13.1 Å². The Hall–Kier alpha value is -0.700. The van der Waals surface area contributed by atoms with Gasteiger partial charge in [-0.15, -0.1) is 0 Å². The first-order valence-corrected chi connectivity index (χ1v) is 20.9. The van der Waals surface area contributed by atoms with Gasteiger partial charge in [0.25, 0.3) is 0 Å². The Labute approximate surface area is 278 Å². The maximum absolute atomic E-state index is 12.7. The number of ether oxygens (including phenoxy) is 2. The number of carbonyl (C=O) groups is 1. The molecule has 0 radical (unpaired) electrons. The molecule has 0 aromatic rings. The SMILES string of the molecule is CCCCCCCCCCCCS(=O)(=O)NC(CO)COCCC(CC1CCCCC1)OC(=O)CCCCCCCCCCC. The number of unbranched alkanes of at least 4 members (excludes halogenated alkanes) is 17. The van der Waals surface area contributed by atoms with Crippen molar-refractivity contribution in [2.45, 2.75) is 199 Å². The van der Waals surface area contributed by atoms with Gasteiger partial charge < -0.3 is 14.6 Å². The van der Waals surface area contributed by atoms with Crippen molar-refractivity contribution < 1.29 is 27.8 Å². The normalized spacial score (nSPS) is 15.7. The summed E-state index contributed by atoms with van der Waals surface area (Å²) in [6.45, 7) is 4.64. The summed E-state index contributed by atoms with van der Waals surface area (Å²) >= 11 is 0. The standard InChI is InChI=1S/C37H73NO6S/c1-3-5-7-9-11-13-15-17-19-24-30-45(41,42)38-35(32-39)33-43-29-28-36(31-34-25-21-20-22-26-34)44-37(40)27-23-18-16-14-12-10-8-6-4-2/h34-36,38-39H,3-33H2,1-2H3. The molecule has 1 aliphatic carbocycles. The summed E-state index contributed by atoms with van der Waals surface area (Å²) in [5.41, 5.74) is 0. The molecule has 8 heteroatoms. The van der Waals surface area contributed by atoms with Crippen molar-refractivity contribution in [3.8, 4) is 0 Å². The van der Waals surface area contributed by atoms with E-state index in [4.69, 9.17) is 9.47 Å². The first-order chi connectivity index (χ1) is 21.9. The molecule has 1 saturated carbocycles. The highest BCUT2D eigenvalue weighted by Gasteiger charge is 2.23. The van der Waals surface area contributed by atoms with Gasteiger partial charge in [0.2, 0.25) is 10.0 Å². The number of hydrogen-bond donors (Lipinski definition) is 2. The van der Waals surface area contributed by atoms with Crippen molar-refractivity contribution >= 4 is 16.0 Å². The van der Waals surface area contributed by atoms with E-state index in [0.29, 0.717) is 31.8 Å². The van der Waals surface area contributed by atoms with Crippen molar-refractivity contribution in [2.75, 3.05) is 25.6 Å². The molecule has 0 aromatic heterocycles. The number of esters is 1. The quantitative estimate of drug-likeness (QED) is 0.0551. The lowest BCUT2D eigenvalue weighted by Gasteiger charge is -2.27. The van der Waals surface area contributed by atoms with E-state index < -0.39 is 16.1 Å². The number of hydrogen-bond acceptors (Lipinski definition) is 6. The van der Waals surface area contributed by atoms with E-state index in [0.717, 1.165) is 32.1 Å². The van der Waals surface area contributed by atoms with Crippen LogP contribution in [0.3, 0.4) is 0 Å². The van der Waals surface area contributed by atoms with Gasteiger partial charge in [-0.3, -0.25) is 4.79 Å². The smallest absolute Gasteiger partial charge is 0.306 e. The first-order valence-electron chi connectivity index (χ1n) is 19.3. The van der Waals surface area contributed by atoms with Crippen LogP contribution >= 0.6 is 0 Å². The van der Waals surface area contributed by atoms with Crippen LogP contribution in [0.25, 0.3) is 0 Å². The third kappa shape index (κ3) is 26.0. The van der Waals surface area contributed by atoms with Gasteiger partial charge in [0.05, 0.1) is 31.6 Å². The summed E-state index contributed by atoms with van der Waals surface area (Å²) in [7, 11) is -3.47. The highest BCUT2D eigenvalue weighted by molar-refractivity contribution is 7.89. The minimum atomic E-state index is -3.47. The van der Waals surface area contributed by atoms with Crippen molar-refractivity contribution in [1.29, 1.82) is 0 Å². The van der Waals surface area contributed by atoms with Crippen LogP contribution in [-0.2, 0) is 24.3 Å². The van der Waals surface area contributed by atoms with Gasteiger partial charge in [0.15, 0.2) is 0 Å². The molecule has 0 heterocycles. The molecule has 0 bridgehead atoms. The summed E-state index contributed by atoms with van der Waals surface area (Å²) in [4.78, 5) is 12.7. The van der Waals surface area contributed by atoms with E-state index in [-0.39, 0.29) is 31.0 Å². The van der Waals surface area contributed by atoms with E-state index >= 15 is 0 Å².